The van der Waals surface area contributed by atoms with Crippen LogP contribution in [0, 0.1) is 6.92 Å². The van der Waals surface area contributed by atoms with Crippen molar-refractivity contribution >= 4 is 23.7 Å². The maximum atomic E-state index is 12.0. The molecule has 0 saturated carbocycles. The van der Waals surface area contributed by atoms with Gasteiger partial charge in [-0.1, -0.05) is 60.7 Å². The second kappa shape index (κ2) is 9.85. The number of carbonyl (C=O) groups excluding carboxylic acids is 2. The Hall–Kier alpha value is -3.93. The number of carbonyl (C=O) groups is 2. The molecule has 0 unspecified atom stereocenters. The van der Waals surface area contributed by atoms with Crippen LogP contribution in [-0.4, -0.2) is 18.0 Å². The Balaban J connectivity index is 1.52. The zero-order valence-electron chi connectivity index (χ0n) is 16.0. The normalized spacial score (nSPS) is 10.5. The topological polar surface area (TPSA) is 79.8 Å². The van der Waals surface area contributed by atoms with Crippen molar-refractivity contribution in [3.63, 3.8) is 0 Å². The Labute approximate surface area is 169 Å². The van der Waals surface area contributed by atoms with E-state index in [2.05, 4.69) is 15.8 Å². The van der Waals surface area contributed by atoms with E-state index in [4.69, 9.17) is 4.74 Å². The van der Waals surface area contributed by atoms with E-state index in [0.29, 0.717) is 18.0 Å². The quantitative estimate of drug-likeness (QED) is 0.385. The third-order valence-electron chi connectivity index (χ3n) is 4.09. The fourth-order valence-electron chi connectivity index (χ4n) is 2.53. The standard InChI is InChI=1S/C23H21N3O3/c1-17-8-5-6-13-21(17)25-22(27)23(28)26-24-15-19-11-7-12-20(14-19)29-16-18-9-3-2-4-10-18/h2-15H,16H2,1H3,(H,25,27)(H,26,28)/b24-15+. The van der Waals surface area contributed by atoms with Gasteiger partial charge in [0.1, 0.15) is 12.4 Å². The van der Waals surface area contributed by atoms with Gasteiger partial charge in [-0.15, -0.1) is 0 Å². The van der Waals surface area contributed by atoms with Gasteiger partial charge in [-0.2, -0.15) is 5.10 Å². The number of amides is 2. The minimum atomic E-state index is -0.846. The molecular formula is C23H21N3O3. The number of nitrogens with zero attached hydrogens (tertiary/aromatic N) is 1. The number of benzene rings is 3. The molecule has 29 heavy (non-hydrogen) atoms. The number of hydrogen-bond acceptors (Lipinski definition) is 4. The van der Waals surface area contributed by atoms with Gasteiger partial charge in [0.25, 0.3) is 0 Å². The Morgan fingerprint density at radius 3 is 2.48 bits per heavy atom. The fourth-order valence-corrected chi connectivity index (χ4v) is 2.53. The lowest BCUT2D eigenvalue weighted by atomic mass is 10.2. The van der Waals surface area contributed by atoms with Crippen LogP contribution < -0.4 is 15.5 Å². The smallest absolute Gasteiger partial charge is 0.329 e. The minimum Gasteiger partial charge on any atom is -0.489 e. The second-order valence-electron chi connectivity index (χ2n) is 6.31. The van der Waals surface area contributed by atoms with Crippen molar-refractivity contribution in [1.29, 1.82) is 0 Å². The first-order chi connectivity index (χ1) is 14.1. The lowest BCUT2D eigenvalue weighted by Crippen LogP contribution is -2.32. The Kier molecular flexibility index (Phi) is 6.73. The molecule has 0 aliphatic carbocycles. The first kappa shape index (κ1) is 19.8. The summed E-state index contributed by atoms with van der Waals surface area (Å²) in [5.74, 6) is -0.946. The number of para-hydroxylation sites is 1. The highest BCUT2D eigenvalue weighted by Crippen LogP contribution is 2.14. The lowest BCUT2D eigenvalue weighted by Gasteiger charge is -2.07. The molecule has 0 fully saturated rings. The molecule has 0 aliphatic rings. The first-order valence-corrected chi connectivity index (χ1v) is 9.08. The summed E-state index contributed by atoms with van der Waals surface area (Å²) in [4.78, 5) is 23.9. The van der Waals surface area contributed by atoms with E-state index < -0.39 is 11.8 Å². The third kappa shape index (κ3) is 6.04. The molecule has 0 bridgehead atoms. The zero-order valence-corrected chi connectivity index (χ0v) is 16.0. The van der Waals surface area contributed by atoms with Crippen LogP contribution in [0.25, 0.3) is 0 Å². The average Bonchev–Trinajstić information content (AvgIpc) is 2.75. The molecule has 0 spiro atoms. The summed E-state index contributed by atoms with van der Waals surface area (Å²) in [5, 5.41) is 6.40. The zero-order chi connectivity index (χ0) is 20.5. The van der Waals surface area contributed by atoms with Gasteiger partial charge in [0.2, 0.25) is 0 Å². The van der Waals surface area contributed by atoms with Gasteiger partial charge in [0.15, 0.2) is 0 Å². The summed E-state index contributed by atoms with van der Waals surface area (Å²) >= 11 is 0. The highest BCUT2D eigenvalue weighted by atomic mass is 16.5. The van der Waals surface area contributed by atoms with Crippen molar-refractivity contribution in [1.82, 2.24) is 5.43 Å². The fraction of sp³-hybridized carbons (Fsp3) is 0.0870. The van der Waals surface area contributed by atoms with E-state index in [-0.39, 0.29) is 0 Å². The number of ether oxygens (including phenoxy) is 1. The number of aryl methyl sites for hydroxylation is 1. The van der Waals surface area contributed by atoms with Crippen LogP contribution in [0.1, 0.15) is 16.7 Å². The van der Waals surface area contributed by atoms with Gasteiger partial charge in [0.05, 0.1) is 6.21 Å². The van der Waals surface area contributed by atoms with Crippen molar-refractivity contribution in [2.24, 2.45) is 5.10 Å². The van der Waals surface area contributed by atoms with Gasteiger partial charge in [-0.3, -0.25) is 9.59 Å². The van der Waals surface area contributed by atoms with Crippen LogP contribution in [0.15, 0.2) is 84.0 Å². The number of hydrogen-bond donors (Lipinski definition) is 2. The van der Waals surface area contributed by atoms with Crippen molar-refractivity contribution < 1.29 is 14.3 Å². The first-order valence-electron chi connectivity index (χ1n) is 9.08. The van der Waals surface area contributed by atoms with Gasteiger partial charge in [0, 0.05) is 5.69 Å². The monoisotopic (exact) mass is 387 g/mol. The number of anilines is 1. The molecule has 0 radical (unpaired) electrons. The lowest BCUT2D eigenvalue weighted by molar-refractivity contribution is -0.136. The van der Waals surface area contributed by atoms with E-state index >= 15 is 0 Å². The van der Waals surface area contributed by atoms with E-state index in [0.717, 1.165) is 16.7 Å². The van der Waals surface area contributed by atoms with Gasteiger partial charge < -0.3 is 10.1 Å². The van der Waals surface area contributed by atoms with Gasteiger partial charge in [-0.25, -0.2) is 5.43 Å². The molecule has 0 aliphatic heterocycles. The SMILES string of the molecule is Cc1ccccc1NC(=O)C(=O)N/N=C/c1cccc(OCc2ccccc2)c1. The molecule has 3 aromatic rings. The van der Waals surface area contributed by atoms with E-state index in [9.17, 15) is 9.59 Å². The van der Waals surface area contributed by atoms with Crippen LogP contribution in [0.4, 0.5) is 5.69 Å². The van der Waals surface area contributed by atoms with Crippen molar-refractivity contribution in [2.75, 3.05) is 5.32 Å². The molecule has 0 heterocycles. The van der Waals surface area contributed by atoms with E-state index in [1.54, 1.807) is 18.2 Å². The van der Waals surface area contributed by atoms with Crippen molar-refractivity contribution in [2.45, 2.75) is 13.5 Å². The number of nitrogens with one attached hydrogen (secondary N) is 2. The summed E-state index contributed by atoms with van der Waals surface area (Å²) in [5.41, 5.74) is 5.47. The second-order valence-corrected chi connectivity index (χ2v) is 6.31. The highest BCUT2D eigenvalue weighted by molar-refractivity contribution is 6.39. The molecule has 0 saturated heterocycles. The molecule has 146 valence electrons. The molecule has 2 amide bonds. The molecule has 0 aromatic heterocycles. The average molecular weight is 387 g/mol. The maximum Gasteiger partial charge on any atom is 0.329 e. The van der Waals surface area contributed by atoms with E-state index in [1.807, 2.05) is 67.6 Å². The van der Waals surface area contributed by atoms with Gasteiger partial charge >= 0.3 is 11.8 Å². The number of rotatable bonds is 6. The Morgan fingerprint density at radius 1 is 0.931 bits per heavy atom. The summed E-state index contributed by atoms with van der Waals surface area (Å²) in [6.07, 6.45) is 1.45. The van der Waals surface area contributed by atoms with Gasteiger partial charge in [-0.05, 0) is 41.8 Å². The van der Waals surface area contributed by atoms with E-state index in [1.165, 1.54) is 6.21 Å². The Bertz CT molecular complexity index is 1020. The Morgan fingerprint density at radius 2 is 1.69 bits per heavy atom. The summed E-state index contributed by atoms with van der Waals surface area (Å²) in [6, 6.07) is 24.3. The summed E-state index contributed by atoms with van der Waals surface area (Å²) < 4.78 is 5.76. The van der Waals surface area contributed by atoms with Crippen LogP contribution in [-0.2, 0) is 16.2 Å². The predicted octanol–water partition coefficient (Wildman–Crippen LogP) is 3.66. The van der Waals surface area contributed by atoms with Crippen LogP contribution in [0.3, 0.4) is 0 Å². The summed E-state index contributed by atoms with van der Waals surface area (Å²) in [7, 11) is 0. The summed E-state index contributed by atoms with van der Waals surface area (Å²) in [6.45, 7) is 2.30. The molecule has 3 aromatic carbocycles. The largest absolute Gasteiger partial charge is 0.489 e. The molecule has 6 heteroatoms. The molecule has 0 atom stereocenters. The van der Waals surface area contributed by atoms with Crippen molar-refractivity contribution in [3.05, 3.63) is 95.6 Å². The molecule has 2 N–H and O–H groups in total. The molecular weight excluding hydrogens is 366 g/mol. The molecule has 6 nitrogen and oxygen atoms in total. The molecule has 3 rings (SSSR count). The van der Waals surface area contributed by atoms with Crippen LogP contribution >= 0.6 is 0 Å². The number of hydrazone groups is 1. The maximum absolute atomic E-state index is 12.0. The highest BCUT2D eigenvalue weighted by Gasteiger charge is 2.13. The third-order valence-corrected chi connectivity index (χ3v) is 4.09. The minimum absolute atomic E-state index is 0.456. The van der Waals surface area contributed by atoms with Crippen LogP contribution in [0.2, 0.25) is 0 Å². The predicted molar refractivity (Wildman–Crippen MR) is 113 cm³/mol. The van der Waals surface area contributed by atoms with Crippen molar-refractivity contribution in [3.8, 4) is 5.75 Å². The van der Waals surface area contributed by atoms with Crippen LogP contribution in [0.5, 0.6) is 5.75 Å².